The molecule has 0 saturated carbocycles. The topological polar surface area (TPSA) is 70.4 Å². The fraction of sp³-hybridized carbons (Fsp3) is 0.571. The van der Waals surface area contributed by atoms with Crippen molar-refractivity contribution < 1.29 is 4.79 Å². The van der Waals surface area contributed by atoms with E-state index in [1.54, 1.807) is 7.05 Å². The van der Waals surface area contributed by atoms with E-state index >= 15 is 0 Å². The Morgan fingerprint density at radius 3 is 2.55 bits per heavy atom. The normalized spacial score (nSPS) is 12.2. The molecule has 0 bridgehead atoms. The zero-order valence-electron chi connectivity index (χ0n) is 12.9. The Morgan fingerprint density at radius 1 is 1.35 bits per heavy atom. The van der Waals surface area contributed by atoms with Gasteiger partial charge in [-0.2, -0.15) is 0 Å². The molecular weight excluding hydrogens is 254 g/mol. The van der Waals surface area contributed by atoms with Gasteiger partial charge in [0.1, 0.15) is 0 Å². The second-order valence-corrected chi connectivity index (χ2v) is 5.69. The summed E-state index contributed by atoms with van der Waals surface area (Å²) in [5.74, 6) is 0.551. The Hall–Kier alpha value is -1.98. The zero-order chi connectivity index (χ0) is 15.2. The molecule has 6 nitrogen and oxygen atoms in total. The van der Waals surface area contributed by atoms with Gasteiger partial charge in [-0.25, -0.2) is 0 Å². The third kappa shape index (κ3) is 5.77. The second-order valence-electron chi connectivity index (χ2n) is 5.69. The summed E-state index contributed by atoms with van der Waals surface area (Å²) in [5, 5.41) is 9.05. The Bertz CT molecular complexity index is 470. The van der Waals surface area contributed by atoms with Crippen LogP contribution < -0.4 is 16.0 Å². The van der Waals surface area contributed by atoms with E-state index in [0.29, 0.717) is 12.5 Å². The number of aryl methyl sites for hydroxylation is 1. The summed E-state index contributed by atoms with van der Waals surface area (Å²) in [7, 11) is 3.67. The van der Waals surface area contributed by atoms with Gasteiger partial charge in [0, 0.05) is 31.5 Å². The van der Waals surface area contributed by atoms with Crippen molar-refractivity contribution in [3.8, 4) is 0 Å². The van der Waals surface area contributed by atoms with Crippen LogP contribution in [0.3, 0.4) is 0 Å². The highest BCUT2D eigenvalue weighted by atomic mass is 16.2. The number of hydrogen-bond acceptors (Lipinski definition) is 2. The lowest BCUT2D eigenvalue weighted by atomic mass is 10.1. The molecule has 0 aliphatic heterocycles. The highest BCUT2D eigenvalue weighted by molar-refractivity contribution is 5.86. The highest BCUT2D eigenvalue weighted by Crippen LogP contribution is 1.98. The minimum absolute atomic E-state index is 0.0562. The molecule has 0 fully saturated rings. The van der Waals surface area contributed by atoms with Gasteiger partial charge in [0.25, 0.3) is 0 Å². The van der Waals surface area contributed by atoms with Gasteiger partial charge in [-0.05, 0) is 32.9 Å². The minimum atomic E-state index is -0.223. The van der Waals surface area contributed by atoms with Crippen LogP contribution in [0, 0.1) is 0 Å². The number of carbonyl (C=O) groups excluding carboxylic acids is 1. The van der Waals surface area contributed by atoms with Gasteiger partial charge in [-0.15, -0.1) is 0 Å². The van der Waals surface area contributed by atoms with Crippen LogP contribution in [0.15, 0.2) is 23.3 Å². The van der Waals surface area contributed by atoms with E-state index in [-0.39, 0.29) is 18.0 Å². The summed E-state index contributed by atoms with van der Waals surface area (Å²) in [6.07, 6.45) is 1.99. The van der Waals surface area contributed by atoms with Crippen molar-refractivity contribution >= 4 is 11.9 Å². The number of hydrogen-bond donors (Lipinski definition) is 3. The maximum Gasteiger partial charge on any atom is 0.239 e. The van der Waals surface area contributed by atoms with Crippen LogP contribution in [0.2, 0.25) is 0 Å². The van der Waals surface area contributed by atoms with Gasteiger partial charge in [0.05, 0.1) is 13.1 Å². The van der Waals surface area contributed by atoms with Crippen LogP contribution in [0.25, 0.3) is 0 Å². The molecule has 1 rings (SSSR count). The number of amides is 1. The quantitative estimate of drug-likeness (QED) is 0.558. The van der Waals surface area contributed by atoms with E-state index < -0.39 is 0 Å². The van der Waals surface area contributed by atoms with E-state index in [9.17, 15) is 4.79 Å². The first-order valence-electron chi connectivity index (χ1n) is 6.67. The molecule has 1 aromatic heterocycles. The number of nitrogens with one attached hydrogen (secondary N) is 3. The van der Waals surface area contributed by atoms with Crippen molar-refractivity contribution in [3.63, 3.8) is 0 Å². The Balaban J connectivity index is 2.37. The maximum atomic E-state index is 11.7. The predicted octanol–water partition coefficient (Wildman–Crippen LogP) is 0.605. The standard InChI is InChI=1S/C14H25N5O/c1-14(2,3)18-12(20)10-17-13(15-4)16-9-11-7-6-8-19(11)5/h6-8H,9-10H2,1-5H3,(H,18,20)(H2,15,16,17). The molecule has 0 radical (unpaired) electrons. The van der Waals surface area contributed by atoms with Crippen LogP contribution in [0.1, 0.15) is 26.5 Å². The SMILES string of the molecule is CN=C(NCC(=O)NC(C)(C)C)NCc1cccn1C. The van der Waals surface area contributed by atoms with Gasteiger partial charge in [-0.3, -0.25) is 9.79 Å². The molecule has 0 spiro atoms. The fourth-order valence-electron chi connectivity index (χ4n) is 1.70. The second kappa shape index (κ2) is 6.98. The van der Waals surface area contributed by atoms with Crippen molar-refractivity contribution in [3.05, 3.63) is 24.0 Å². The molecule has 112 valence electrons. The molecule has 0 atom stereocenters. The minimum Gasteiger partial charge on any atom is -0.353 e. The van der Waals surface area contributed by atoms with Crippen molar-refractivity contribution in [2.24, 2.45) is 12.0 Å². The smallest absolute Gasteiger partial charge is 0.239 e. The third-order valence-corrected chi connectivity index (χ3v) is 2.64. The summed E-state index contributed by atoms with van der Waals surface area (Å²) in [6.45, 7) is 6.71. The Morgan fingerprint density at radius 2 is 2.05 bits per heavy atom. The van der Waals surface area contributed by atoms with Crippen LogP contribution in [-0.4, -0.2) is 35.6 Å². The number of guanidine groups is 1. The molecule has 20 heavy (non-hydrogen) atoms. The predicted molar refractivity (Wildman–Crippen MR) is 81.5 cm³/mol. The van der Waals surface area contributed by atoms with Crippen molar-refractivity contribution in [2.45, 2.75) is 32.9 Å². The zero-order valence-corrected chi connectivity index (χ0v) is 12.9. The van der Waals surface area contributed by atoms with Crippen molar-refractivity contribution in [2.75, 3.05) is 13.6 Å². The molecule has 1 amide bonds. The van der Waals surface area contributed by atoms with Crippen molar-refractivity contribution in [1.82, 2.24) is 20.5 Å². The maximum absolute atomic E-state index is 11.7. The van der Waals surface area contributed by atoms with E-state index in [1.807, 2.05) is 50.7 Å². The van der Waals surface area contributed by atoms with E-state index in [1.165, 1.54) is 0 Å². The average Bonchev–Trinajstić information content (AvgIpc) is 2.73. The van der Waals surface area contributed by atoms with Crippen LogP contribution in [0.4, 0.5) is 0 Å². The molecule has 0 aliphatic carbocycles. The lowest BCUT2D eigenvalue weighted by molar-refractivity contribution is -0.121. The summed E-state index contributed by atoms with van der Waals surface area (Å²) < 4.78 is 2.03. The van der Waals surface area contributed by atoms with Gasteiger partial charge in [0.2, 0.25) is 5.91 Å². The first-order valence-corrected chi connectivity index (χ1v) is 6.67. The van der Waals surface area contributed by atoms with E-state index in [0.717, 1.165) is 5.69 Å². The van der Waals surface area contributed by atoms with Crippen molar-refractivity contribution in [1.29, 1.82) is 0 Å². The lowest BCUT2D eigenvalue weighted by Gasteiger charge is -2.21. The van der Waals surface area contributed by atoms with E-state index in [2.05, 4.69) is 20.9 Å². The van der Waals surface area contributed by atoms with Crippen LogP contribution >= 0.6 is 0 Å². The van der Waals surface area contributed by atoms with Crippen LogP contribution in [-0.2, 0) is 18.4 Å². The molecule has 3 N–H and O–H groups in total. The van der Waals surface area contributed by atoms with Gasteiger partial charge in [-0.1, -0.05) is 0 Å². The van der Waals surface area contributed by atoms with Gasteiger partial charge in [0.15, 0.2) is 5.96 Å². The first-order chi connectivity index (χ1) is 9.31. The Labute approximate surface area is 120 Å². The average molecular weight is 279 g/mol. The van der Waals surface area contributed by atoms with E-state index in [4.69, 9.17) is 0 Å². The third-order valence-electron chi connectivity index (χ3n) is 2.64. The molecular formula is C14H25N5O. The summed E-state index contributed by atoms with van der Waals surface area (Å²) in [4.78, 5) is 15.8. The van der Waals surface area contributed by atoms with Gasteiger partial charge < -0.3 is 20.5 Å². The highest BCUT2D eigenvalue weighted by Gasteiger charge is 2.13. The molecule has 0 aromatic carbocycles. The number of nitrogens with zero attached hydrogens (tertiary/aromatic N) is 2. The first kappa shape index (κ1) is 16.1. The number of rotatable bonds is 4. The number of carbonyl (C=O) groups is 1. The molecule has 0 saturated heterocycles. The summed E-state index contributed by atoms with van der Waals surface area (Å²) >= 11 is 0. The Kier molecular flexibility index (Phi) is 5.61. The molecule has 1 heterocycles. The van der Waals surface area contributed by atoms with Crippen LogP contribution in [0.5, 0.6) is 0 Å². The number of aliphatic imine (C=N–C) groups is 1. The number of aromatic nitrogens is 1. The largest absolute Gasteiger partial charge is 0.353 e. The summed E-state index contributed by atoms with van der Waals surface area (Å²) in [6, 6.07) is 4.02. The summed E-state index contributed by atoms with van der Waals surface area (Å²) in [5.41, 5.74) is 0.922. The van der Waals surface area contributed by atoms with Gasteiger partial charge >= 0.3 is 0 Å². The molecule has 1 aromatic rings. The molecule has 6 heteroatoms. The monoisotopic (exact) mass is 279 g/mol. The molecule has 0 aliphatic rings. The fourth-order valence-corrected chi connectivity index (χ4v) is 1.70. The molecule has 0 unspecified atom stereocenters. The lowest BCUT2D eigenvalue weighted by Crippen LogP contribution is -2.48.